The average molecular weight is 314 g/mol. The van der Waals surface area contributed by atoms with Gasteiger partial charge in [-0.1, -0.05) is 25.5 Å². The van der Waals surface area contributed by atoms with Crippen LogP contribution in [-0.2, 0) is 6.54 Å². The molecule has 1 aromatic carbocycles. The zero-order valence-corrected chi connectivity index (χ0v) is 14.0. The van der Waals surface area contributed by atoms with Crippen LogP contribution >= 0.6 is 0 Å². The smallest absolute Gasteiger partial charge is 0.200 e. The highest BCUT2D eigenvalue weighted by molar-refractivity contribution is 5.72. The van der Waals surface area contributed by atoms with E-state index in [0.29, 0.717) is 11.5 Å². The molecule has 0 bridgehead atoms. The molecule has 0 saturated heterocycles. The first-order valence-electron chi connectivity index (χ1n) is 7.80. The Morgan fingerprint density at radius 2 is 1.57 bits per heavy atom. The van der Waals surface area contributed by atoms with Crippen molar-refractivity contribution in [2.75, 3.05) is 14.2 Å². The number of methoxy groups -OCH3 is 2. The monoisotopic (exact) mass is 314 g/mol. The molecule has 0 saturated carbocycles. The third-order valence-corrected chi connectivity index (χ3v) is 3.66. The summed E-state index contributed by atoms with van der Waals surface area (Å²) in [5.41, 5.74) is 2.02. The highest BCUT2D eigenvalue weighted by Crippen LogP contribution is 2.37. The molecule has 0 fully saturated rings. The summed E-state index contributed by atoms with van der Waals surface area (Å²) in [6.07, 6.45) is 10.6. The van der Waals surface area contributed by atoms with Crippen LogP contribution in [0, 0.1) is 0 Å². The largest absolute Gasteiger partial charge is 0.502 e. The van der Waals surface area contributed by atoms with Gasteiger partial charge in [0.25, 0.3) is 0 Å². The Balaban J connectivity index is 2.16. The lowest BCUT2D eigenvalue weighted by molar-refractivity contribution is -0.697. The molecule has 122 valence electrons. The highest BCUT2D eigenvalue weighted by Gasteiger charge is 2.09. The van der Waals surface area contributed by atoms with Gasteiger partial charge in [0.2, 0.25) is 5.75 Å². The quantitative estimate of drug-likeness (QED) is 0.793. The van der Waals surface area contributed by atoms with E-state index in [2.05, 4.69) is 36.0 Å². The number of aromatic nitrogens is 1. The van der Waals surface area contributed by atoms with Crippen LogP contribution in [0.25, 0.3) is 12.2 Å². The highest BCUT2D eigenvalue weighted by atomic mass is 16.5. The van der Waals surface area contributed by atoms with Gasteiger partial charge in [-0.2, -0.15) is 0 Å². The molecule has 2 aromatic rings. The predicted octanol–water partition coefficient (Wildman–Crippen LogP) is 3.67. The Morgan fingerprint density at radius 3 is 2.09 bits per heavy atom. The van der Waals surface area contributed by atoms with E-state index < -0.39 is 0 Å². The minimum absolute atomic E-state index is 0.0174. The van der Waals surface area contributed by atoms with Crippen LogP contribution in [0.4, 0.5) is 0 Å². The summed E-state index contributed by atoms with van der Waals surface area (Å²) in [6.45, 7) is 3.24. The minimum Gasteiger partial charge on any atom is -0.502 e. The van der Waals surface area contributed by atoms with Crippen LogP contribution in [-0.4, -0.2) is 19.3 Å². The van der Waals surface area contributed by atoms with Crippen molar-refractivity contribution in [3.05, 3.63) is 47.8 Å². The molecular formula is C19H24NO3+. The van der Waals surface area contributed by atoms with Crippen LogP contribution in [0.3, 0.4) is 0 Å². The summed E-state index contributed by atoms with van der Waals surface area (Å²) in [4.78, 5) is 0. The van der Waals surface area contributed by atoms with E-state index >= 15 is 0 Å². The van der Waals surface area contributed by atoms with Crippen molar-refractivity contribution in [3.8, 4) is 17.2 Å². The molecule has 1 N–H and O–H groups in total. The minimum atomic E-state index is 0.0174. The number of phenols is 1. The Bertz CT molecular complexity index is 638. The van der Waals surface area contributed by atoms with Crippen molar-refractivity contribution in [2.24, 2.45) is 0 Å². The molecule has 0 amide bonds. The molecule has 0 radical (unpaired) electrons. The van der Waals surface area contributed by atoms with Gasteiger partial charge >= 0.3 is 0 Å². The first kappa shape index (κ1) is 16.9. The number of hydrogen-bond acceptors (Lipinski definition) is 3. The normalized spacial score (nSPS) is 10.9. The van der Waals surface area contributed by atoms with Gasteiger partial charge in [0.15, 0.2) is 23.9 Å². The summed E-state index contributed by atoms with van der Waals surface area (Å²) in [6, 6.07) is 7.72. The molecule has 4 heteroatoms. The Labute approximate surface area is 137 Å². The number of aromatic hydroxyl groups is 1. The zero-order chi connectivity index (χ0) is 16.7. The number of unbranched alkanes of at least 4 members (excludes halogenated alkanes) is 1. The lowest BCUT2D eigenvalue weighted by Gasteiger charge is -2.09. The average Bonchev–Trinajstić information content (AvgIpc) is 2.59. The molecule has 0 aliphatic carbocycles. The van der Waals surface area contributed by atoms with E-state index in [0.717, 1.165) is 17.7 Å². The third-order valence-electron chi connectivity index (χ3n) is 3.66. The maximum absolute atomic E-state index is 9.92. The van der Waals surface area contributed by atoms with Gasteiger partial charge in [-0.15, -0.1) is 0 Å². The molecule has 1 aromatic heterocycles. The molecule has 0 atom stereocenters. The van der Waals surface area contributed by atoms with Crippen molar-refractivity contribution in [3.63, 3.8) is 0 Å². The summed E-state index contributed by atoms with van der Waals surface area (Å²) < 4.78 is 12.5. The van der Waals surface area contributed by atoms with Gasteiger partial charge < -0.3 is 14.6 Å². The molecule has 0 spiro atoms. The standard InChI is InChI=1S/C19H23NO3/c1-4-5-10-20-11-8-15(9-12-20)6-7-16-13-17(22-2)19(21)18(14-16)23-3/h6-9,11-14H,4-5,10H2,1-3H3/p+1. The maximum atomic E-state index is 9.92. The molecule has 23 heavy (non-hydrogen) atoms. The number of ether oxygens (including phenoxy) is 2. The lowest BCUT2D eigenvalue weighted by atomic mass is 10.1. The summed E-state index contributed by atoms with van der Waals surface area (Å²) >= 11 is 0. The second-order valence-corrected chi connectivity index (χ2v) is 5.33. The molecule has 0 unspecified atom stereocenters. The fraction of sp³-hybridized carbons (Fsp3) is 0.316. The van der Waals surface area contributed by atoms with Crippen LogP contribution in [0.2, 0.25) is 0 Å². The van der Waals surface area contributed by atoms with Crippen LogP contribution in [0.15, 0.2) is 36.7 Å². The summed E-state index contributed by atoms with van der Waals surface area (Å²) in [5.74, 6) is 0.813. The van der Waals surface area contributed by atoms with Crippen molar-refractivity contribution >= 4 is 12.2 Å². The van der Waals surface area contributed by atoms with Gasteiger partial charge in [0, 0.05) is 18.6 Å². The van der Waals surface area contributed by atoms with E-state index in [1.54, 1.807) is 12.1 Å². The Hall–Kier alpha value is -2.49. The number of phenolic OH excluding ortho intramolecular Hbond substituents is 1. The maximum Gasteiger partial charge on any atom is 0.200 e. The van der Waals surface area contributed by atoms with E-state index in [4.69, 9.17) is 9.47 Å². The first-order chi connectivity index (χ1) is 11.2. The Kier molecular flexibility index (Phi) is 6.03. The van der Waals surface area contributed by atoms with Crippen molar-refractivity contribution in [1.82, 2.24) is 0 Å². The van der Waals surface area contributed by atoms with Gasteiger partial charge in [-0.05, 0) is 23.3 Å². The Morgan fingerprint density at radius 1 is 1.00 bits per heavy atom. The fourth-order valence-electron chi connectivity index (χ4n) is 2.27. The lowest BCUT2D eigenvalue weighted by Crippen LogP contribution is -2.32. The molecule has 0 aliphatic heterocycles. The zero-order valence-electron chi connectivity index (χ0n) is 14.0. The molecular weight excluding hydrogens is 290 g/mol. The van der Waals surface area contributed by atoms with Crippen molar-refractivity contribution < 1.29 is 19.1 Å². The molecule has 1 heterocycles. The number of hydrogen-bond donors (Lipinski definition) is 1. The third kappa shape index (κ3) is 4.49. The number of rotatable bonds is 7. The summed E-state index contributed by atoms with van der Waals surface area (Å²) in [5, 5.41) is 9.92. The molecule has 2 rings (SSSR count). The van der Waals surface area contributed by atoms with Gasteiger partial charge in [-0.3, -0.25) is 0 Å². The molecule has 0 aliphatic rings. The SMILES string of the molecule is CCCC[n+]1ccc(C=Cc2cc(OC)c(O)c(OC)c2)cc1. The molecule has 4 nitrogen and oxygen atoms in total. The van der Waals surface area contributed by atoms with Crippen LogP contribution in [0.5, 0.6) is 17.2 Å². The van der Waals surface area contributed by atoms with Crippen molar-refractivity contribution in [2.45, 2.75) is 26.3 Å². The van der Waals surface area contributed by atoms with E-state index in [1.807, 2.05) is 12.2 Å². The number of aryl methyl sites for hydroxylation is 1. The van der Waals surface area contributed by atoms with Crippen LogP contribution in [0.1, 0.15) is 30.9 Å². The van der Waals surface area contributed by atoms with Gasteiger partial charge in [0.05, 0.1) is 14.2 Å². The number of nitrogens with zero attached hydrogens (tertiary/aromatic N) is 1. The fourth-order valence-corrected chi connectivity index (χ4v) is 2.27. The second-order valence-electron chi connectivity index (χ2n) is 5.33. The van der Waals surface area contributed by atoms with Gasteiger partial charge in [-0.25, -0.2) is 4.57 Å². The summed E-state index contributed by atoms with van der Waals surface area (Å²) in [7, 11) is 3.04. The van der Waals surface area contributed by atoms with Gasteiger partial charge in [0.1, 0.15) is 6.54 Å². The number of pyridine rings is 1. The van der Waals surface area contributed by atoms with Crippen LogP contribution < -0.4 is 14.0 Å². The number of benzene rings is 1. The van der Waals surface area contributed by atoms with Crippen molar-refractivity contribution in [1.29, 1.82) is 0 Å². The first-order valence-corrected chi connectivity index (χ1v) is 7.80. The second kappa shape index (κ2) is 8.22. The van der Waals surface area contributed by atoms with E-state index in [-0.39, 0.29) is 5.75 Å². The van der Waals surface area contributed by atoms with E-state index in [9.17, 15) is 5.11 Å². The predicted molar refractivity (Wildman–Crippen MR) is 91.7 cm³/mol. The van der Waals surface area contributed by atoms with E-state index in [1.165, 1.54) is 27.1 Å². The topological polar surface area (TPSA) is 42.6 Å².